The van der Waals surface area contributed by atoms with E-state index >= 15 is 0 Å². The number of nitro benzene ring substituents is 2. The highest BCUT2D eigenvalue weighted by Gasteiger charge is 2.53. The van der Waals surface area contributed by atoms with Gasteiger partial charge in [-0.2, -0.15) is 0 Å². The van der Waals surface area contributed by atoms with Gasteiger partial charge in [-0.1, -0.05) is 12.1 Å². The van der Waals surface area contributed by atoms with E-state index in [-0.39, 0.29) is 22.3 Å². The maximum atomic E-state index is 12.1. The second-order valence-electron chi connectivity index (χ2n) is 7.81. The van der Waals surface area contributed by atoms with E-state index in [1.54, 1.807) is 31.2 Å². The molecule has 1 fully saturated rings. The van der Waals surface area contributed by atoms with Gasteiger partial charge in [0.15, 0.2) is 0 Å². The molecule has 0 radical (unpaired) electrons. The van der Waals surface area contributed by atoms with Gasteiger partial charge in [0, 0.05) is 17.2 Å². The normalized spacial score (nSPS) is 25.5. The molecule has 1 heterocycles. The Morgan fingerprint density at radius 2 is 1.94 bits per heavy atom. The Kier molecular flexibility index (Phi) is 6.35. The van der Waals surface area contributed by atoms with Crippen LogP contribution in [0.15, 0.2) is 41.3 Å². The summed E-state index contributed by atoms with van der Waals surface area (Å²) in [4.78, 5) is 34.6. The van der Waals surface area contributed by atoms with Gasteiger partial charge in [-0.25, -0.2) is 4.79 Å². The summed E-state index contributed by atoms with van der Waals surface area (Å²) in [5.74, 6) is -1.81. The first-order valence-electron chi connectivity index (χ1n) is 10.2. The van der Waals surface area contributed by atoms with Gasteiger partial charge in [-0.3, -0.25) is 20.2 Å². The maximum Gasteiger partial charge on any atom is 0.326 e. The smallest absolute Gasteiger partial charge is 0.326 e. The highest BCUT2D eigenvalue weighted by atomic mass is 35.5. The van der Waals surface area contributed by atoms with Crippen LogP contribution in [0.25, 0.3) is 0 Å². The molecule has 2 aromatic carbocycles. The molecular formula is C21H20ClN3O7S. The predicted molar refractivity (Wildman–Crippen MR) is 123 cm³/mol. The zero-order chi connectivity index (χ0) is 23.9. The van der Waals surface area contributed by atoms with E-state index in [2.05, 4.69) is 5.32 Å². The Morgan fingerprint density at radius 3 is 2.58 bits per heavy atom. The quantitative estimate of drug-likeness (QED) is 0.319. The summed E-state index contributed by atoms with van der Waals surface area (Å²) < 4.78 is 5.51. The first-order chi connectivity index (χ1) is 15.7. The summed E-state index contributed by atoms with van der Waals surface area (Å²) in [6.07, 6.45) is 0.367. The molecule has 1 aliphatic carbocycles. The highest BCUT2D eigenvalue weighted by molar-refractivity contribution is 8.00. The Labute approximate surface area is 197 Å². The number of thioether (sulfide) groups is 1. The molecule has 33 heavy (non-hydrogen) atoms. The molecular weight excluding hydrogens is 474 g/mol. The standard InChI is InChI=1S/C21H20ClN3O7S/c1-2-32-10-7-11-17-12(20(21(26)27)23-19(11)14(8-10)25(30)31)9-16(18(17)22)33-15-6-4-3-5-13(15)24(28)29/h3-8,12,16-18,20,23H,2,9H2,1H3,(H,26,27). The fourth-order valence-electron chi connectivity index (χ4n) is 4.69. The topological polar surface area (TPSA) is 145 Å². The summed E-state index contributed by atoms with van der Waals surface area (Å²) in [6.45, 7) is 2.06. The van der Waals surface area contributed by atoms with Crippen LogP contribution in [0, 0.1) is 26.1 Å². The molecule has 5 atom stereocenters. The van der Waals surface area contributed by atoms with E-state index in [4.69, 9.17) is 16.3 Å². The van der Waals surface area contributed by atoms with Crippen molar-refractivity contribution in [3.05, 3.63) is 62.2 Å². The fraction of sp³-hybridized carbons (Fsp3) is 0.381. The SMILES string of the molecule is CCOc1cc2c(c([N+](=O)[O-])c1)NC(C(=O)O)C1CC(Sc3ccccc3[N+](=O)[O-])C(Cl)C21. The van der Waals surface area contributed by atoms with Crippen LogP contribution in [-0.4, -0.2) is 44.2 Å². The molecule has 0 bridgehead atoms. The number of nitrogens with one attached hydrogen (secondary N) is 1. The number of rotatable bonds is 7. The number of nitrogens with zero attached hydrogens (tertiary/aromatic N) is 2. The van der Waals surface area contributed by atoms with Crippen LogP contribution in [0.2, 0.25) is 0 Å². The molecule has 0 amide bonds. The van der Waals surface area contributed by atoms with Crippen LogP contribution in [0.4, 0.5) is 17.1 Å². The van der Waals surface area contributed by atoms with Gasteiger partial charge >= 0.3 is 5.97 Å². The second-order valence-corrected chi connectivity index (χ2v) is 9.59. The maximum absolute atomic E-state index is 12.1. The Morgan fingerprint density at radius 1 is 1.24 bits per heavy atom. The Balaban J connectivity index is 1.78. The number of benzene rings is 2. The van der Waals surface area contributed by atoms with Crippen molar-refractivity contribution < 1.29 is 24.5 Å². The van der Waals surface area contributed by atoms with Crippen molar-refractivity contribution in [3.8, 4) is 5.75 Å². The van der Waals surface area contributed by atoms with Crippen molar-refractivity contribution in [2.45, 2.75) is 40.8 Å². The zero-order valence-electron chi connectivity index (χ0n) is 17.3. The number of halogens is 1. The van der Waals surface area contributed by atoms with Gasteiger partial charge in [-0.15, -0.1) is 23.4 Å². The molecule has 0 saturated heterocycles. The average molecular weight is 494 g/mol. The molecule has 12 heteroatoms. The van der Waals surface area contributed by atoms with Gasteiger partial charge in [0.05, 0.1) is 32.8 Å². The number of carboxylic acids is 1. The first kappa shape index (κ1) is 23.1. The molecule has 4 rings (SSSR count). The number of nitro groups is 2. The molecule has 0 aromatic heterocycles. The minimum absolute atomic E-state index is 0.0520. The minimum Gasteiger partial charge on any atom is -0.494 e. The van der Waals surface area contributed by atoms with Crippen molar-refractivity contribution >= 4 is 46.4 Å². The largest absolute Gasteiger partial charge is 0.494 e. The van der Waals surface area contributed by atoms with Crippen LogP contribution in [0.3, 0.4) is 0 Å². The first-order valence-corrected chi connectivity index (χ1v) is 11.5. The Bertz CT molecular complexity index is 1130. The van der Waals surface area contributed by atoms with E-state index in [0.717, 1.165) is 0 Å². The van der Waals surface area contributed by atoms with Crippen LogP contribution < -0.4 is 10.1 Å². The molecule has 10 nitrogen and oxygen atoms in total. The van der Waals surface area contributed by atoms with E-state index in [9.17, 15) is 30.1 Å². The number of ether oxygens (including phenoxy) is 1. The van der Waals surface area contributed by atoms with E-state index < -0.39 is 39.1 Å². The lowest BCUT2D eigenvalue weighted by Crippen LogP contribution is -2.43. The van der Waals surface area contributed by atoms with Crippen molar-refractivity contribution in [2.24, 2.45) is 5.92 Å². The number of hydrogen-bond donors (Lipinski definition) is 2. The van der Waals surface area contributed by atoms with Crippen LogP contribution in [0.5, 0.6) is 5.75 Å². The van der Waals surface area contributed by atoms with Crippen LogP contribution >= 0.6 is 23.4 Å². The highest BCUT2D eigenvalue weighted by Crippen LogP contribution is 2.57. The molecule has 5 unspecified atom stereocenters. The number of aliphatic carboxylic acids is 1. The van der Waals surface area contributed by atoms with Crippen molar-refractivity contribution in [3.63, 3.8) is 0 Å². The number of hydrogen-bond acceptors (Lipinski definition) is 8. The average Bonchev–Trinajstić information content (AvgIpc) is 3.09. The predicted octanol–water partition coefficient (Wildman–Crippen LogP) is 4.65. The van der Waals surface area contributed by atoms with Gasteiger partial charge in [0.2, 0.25) is 0 Å². The van der Waals surface area contributed by atoms with Gasteiger partial charge in [0.25, 0.3) is 11.4 Å². The van der Waals surface area contributed by atoms with E-state index in [1.165, 1.54) is 23.9 Å². The lowest BCUT2D eigenvalue weighted by atomic mass is 9.79. The summed E-state index contributed by atoms with van der Waals surface area (Å²) in [6, 6.07) is 8.15. The minimum atomic E-state index is -1.14. The number of para-hydroxylation sites is 1. The van der Waals surface area contributed by atoms with Crippen molar-refractivity contribution in [1.29, 1.82) is 0 Å². The van der Waals surface area contributed by atoms with E-state index in [0.29, 0.717) is 29.2 Å². The third-order valence-electron chi connectivity index (χ3n) is 5.99. The van der Waals surface area contributed by atoms with Crippen LogP contribution in [-0.2, 0) is 4.79 Å². The number of carboxylic acid groups (broad SMARTS) is 1. The van der Waals surface area contributed by atoms with Gasteiger partial charge < -0.3 is 15.2 Å². The summed E-state index contributed by atoms with van der Waals surface area (Å²) in [5, 5.41) is 34.9. The number of alkyl halides is 1. The third kappa shape index (κ3) is 4.18. The number of carbonyl (C=O) groups is 1. The molecule has 2 aromatic rings. The molecule has 0 spiro atoms. The molecule has 2 N–H and O–H groups in total. The van der Waals surface area contributed by atoms with Gasteiger partial charge in [0.1, 0.15) is 17.5 Å². The lowest BCUT2D eigenvalue weighted by molar-refractivity contribution is -0.387. The zero-order valence-corrected chi connectivity index (χ0v) is 18.9. The summed E-state index contributed by atoms with van der Waals surface area (Å²) in [7, 11) is 0. The Hall–Kier alpha value is -3.05. The summed E-state index contributed by atoms with van der Waals surface area (Å²) >= 11 is 8.10. The fourth-order valence-corrected chi connectivity index (χ4v) is 6.63. The monoisotopic (exact) mass is 493 g/mol. The van der Waals surface area contributed by atoms with Crippen molar-refractivity contribution in [2.75, 3.05) is 11.9 Å². The molecule has 1 aliphatic heterocycles. The molecule has 1 saturated carbocycles. The van der Waals surface area contributed by atoms with Crippen LogP contribution in [0.1, 0.15) is 24.8 Å². The van der Waals surface area contributed by atoms with E-state index in [1.807, 2.05) is 0 Å². The number of anilines is 1. The van der Waals surface area contributed by atoms with Crippen molar-refractivity contribution in [1.82, 2.24) is 0 Å². The molecule has 174 valence electrons. The third-order valence-corrected chi connectivity index (χ3v) is 8.10. The lowest BCUT2D eigenvalue weighted by Gasteiger charge is -2.35. The molecule has 2 aliphatic rings. The summed E-state index contributed by atoms with van der Waals surface area (Å²) in [5.41, 5.74) is 0.322. The number of fused-ring (bicyclic) bond motifs is 3. The van der Waals surface area contributed by atoms with Gasteiger partial charge in [-0.05, 0) is 37.0 Å². The second kappa shape index (κ2) is 9.06.